The number of halogens is 1. The highest BCUT2D eigenvalue weighted by Gasteiger charge is 2.21. The van der Waals surface area contributed by atoms with E-state index in [-0.39, 0.29) is 22.7 Å². The highest BCUT2D eigenvalue weighted by Crippen LogP contribution is 2.36. The van der Waals surface area contributed by atoms with Gasteiger partial charge in [-0.2, -0.15) is 10.4 Å². The Morgan fingerprint density at radius 1 is 1.26 bits per heavy atom. The predicted molar refractivity (Wildman–Crippen MR) is 101 cm³/mol. The molecule has 1 aliphatic heterocycles. The van der Waals surface area contributed by atoms with Gasteiger partial charge in [-0.15, -0.1) is 0 Å². The molecule has 2 aromatic carbocycles. The van der Waals surface area contributed by atoms with Gasteiger partial charge in [0.25, 0.3) is 0 Å². The van der Waals surface area contributed by atoms with Crippen molar-refractivity contribution in [1.29, 1.82) is 10.7 Å². The van der Waals surface area contributed by atoms with Crippen LogP contribution in [0.1, 0.15) is 15.9 Å². The van der Waals surface area contributed by atoms with E-state index in [2.05, 4.69) is 10.5 Å². The van der Waals surface area contributed by atoms with Crippen LogP contribution in [-0.2, 0) is 0 Å². The summed E-state index contributed by atoms with van der Waals surface area (Å²) >= 11 is 5.98. The molecule has 0 fully saturated rings. The molecule has 2 aromatic rings. The van der Waals surface area contributed by atoms with Crippen molar-refractivity contribution in [1.82, 2.24) is 0 Å². The Labute approximate surface area is 159 Å². The number of carbonyl (C=O) groups excluding carboxylic acids is 1. The Morgan fingerprint density at radius 3 is 2.59 bits per heavy atom. The lowest BCUT2D eigenvalue weighted by atomic mass is 10.0. The first-order valence-corrected chi connectivity index (χ1v) is 8.19. The molecule has 0 aromatic heterocycles. The minimum atomic E-state index is -0.495. The van der Waals surface area contributed by atoms with Crippen LogP contribution in [0.5, 0.6) is 11.5 Å². The lowest BCUT2D eigenvalue weighted by molar-refractivity contribution is 0.103. The van der Waals surface area contributed by atoms with Crippen LogP contribution in [0.3, 0.4) is 0 Å². The van der Waals surface area contributed by atoms with Crippen molar-refractivity contribution in [2.45, 2.75) is 0 Å². The fourth-order valence-electron chi connectivity index (χ4n) is 2.42. The van der Waals surface area contributed by atoms with Crippen LogP contribution >= 0.6 is 11.6 Å². The van der Waals surface area contributed by atoms with Gasteiger partial charge in [0.1, 0.15) is 19.3 Å². The molecule has 0 radical (unpaired) electrons. The second-order valence-corrected chi connectivity index (χ2v) is 5.92. The normalized spacial score (nSPS) is 12.8. The second-order valence-electron chi connectivity index (χ2n) is 5.48. The maximum absolute atomic E-state index is 13.0. The van der Waals surface area contributed by atoms with E-state index in [0.717, 1.165) is 0 Å². The van der Waals surface area contributed by atoms with Crippen molar-refractivity contribution >= 4 is 34.6 Å². The van der Waals surface area contributed by atoms with Gasteiger partial charge in [-0.3, -0.25) is 15.6 Å². The van der Waals surface area contributed by atoms with E-state index in [9.17, 15) is 4.79 Å². The number of hydrogen-bond acceptors (Lipinski definition) is 7. The van der Waals surface area contributed by atoms with Crippen molar-refractivity contribution in [3.05, 3.63) is 52.5 Å². The van der Waals surface area contributed by atoms with Gasteiger partial charge >= 0.3 is 0 Å². The first-order chi connectivity index (χ1) is 13.0. The standard InChI is InChI=1S/C18H14ClN5O3/c19-11-3-1-2-10(6-11)17(25)12-7-15-16(27-5-4-26-15)8-13(12)23-24-14(9-20)18(21)22/h1-3,6-8,23H,4-5H2,(H3,21,22)/b24-14+. The molecular formula is C18H14ClN5O3. The maximum atomic E-state index is 13.0. The smallest absolute Gasteiger partial charge is 0.201 e. The lowest BCUT2D eigenvalue weighted by Crippen LogP contribution is -2.22. The maximum Gasteiger partial charge on any atom is 0.201 e. The van der Waals surface area contributed by atoms with Gasteiger partial charge < -0.3 is 15.2 Å². The summed E-state index contributed by atoms with van der Waals surface area (Å²) in [5.74, 6) is 0.0370. The molecule has 0 aliphatic carbocycles. The van der Waals surface area contributed by atoms with Crippen LogP contribution in [0.25, 0.3) is 0 Å². The molecule has 4 N–H and O–H groups in total. The molecular weight excluding hydrogens is 370 g/mol. The third kappa shape index (κ3) is 3.99. The van der Waals surface area contributed by atoms with E-state index in [1.54, 1.807) is 36.4 Å². The molecule has 3 rings (SSSR count). The Kier molecular flexibility index (Phi) is 5.24. The summed E-state index contributed by atoms with van der Waals surface area (Å²) in [5.41, 5.74) is 8.49. The van der Waals surface area contributed by atoms with Gasteiger partial charge in [0.2, 0.25) is 5.71 Å². The van der Waals surface area contributed by atoms with Crippen LogP contribution in [0, 0.1) is 16.7 Å². The summed E-state index contributed by atoms with van der Waals surface area (Å²) < 4.78 is 11.1. The number of ether oxygens (including phenoxy) is 2. The fourth-order valence-corrected chi connectivity index (χ4v) is 2.61. The number of nitrogens with zero attached hydrogens (tertiary/aromatic N) is 2. The summed E-state index contributed by atoms with van der Waals surface area (Å²) in [5, 5.41) is 20.5. The summed E-state index contributed by atoms with van der Waals surface area (Å²) in [6, 6.07) is 11.3. The van der Waals surface area contributed by atoms with E-state index in [1.165, 1.54) is 6.07 Å². The van der Waals surface area contributed by atoms with Gasteiger partial charge in [0.15, 0.2) is 23.1 Å². The quantitative estimate of drug-likeness (QED) is 0.314. The molecule has 1 heterocycles. The number of rotatable bonds is 5. The first-order valence-electron chi connectivity index (χ1n) is 7.81. The Hall–Kier alpha value is -3.57. The second kappa shape index (κ2) is 7.76. The number of hydrogen-bond donors (Lipinski definition) is 3. The van der Waals surface area contributed by atoms with Crippen LogP contribution in [0.2, 0.25) is 5.02 Å². The van der Waals surface area contributed by atoms with Crippen LogP contribution in [0.4, 0.5) is 5.69 Å². The van der Waals surface area contributed by atoms with Crippen molar-refractivity contribution in [3.63, 3.8) is 0 Å². The van der Waals surface area contributed by atoms with Gasteiger partial charge in [0.05, 0.1) is 11.3 Å². The Balaban J connectivity index is 2.06. The summed E-state index contributed by atoms with van der Waals surface area (Å²) in [6.45, 7) is 0.736. The van der Waals surface area contributed by atoms with Crippen molar-refractivity contribution in [2.75, 3.05) is 18.6 Å². The molecule has 0 saturated heterocycles. The van der Waals surface area contributed by atoms with Crippen LogP contribution < -0.4 is 20.6 Å². The highest BCUT2D eigenvalue weighted by atomic mass is 35.5. The third-order valence-corrected chi connectivity index (χ3v) is 3.90. The molecule has 1 aliphatic rings. The molecule has 0 bridgehead atoms. The van der Waals surface area contributed by atoms with E-state index in [0.29, 0.717) is 35.3 Å². The van der Waals surface area contributed by atoms with E-state index < -0.39 is 5.84 Å². The molecule has 0 amide bonds. The van der Waals surface area contributed by atoms with Gasteiger partial charge in [-0.25, -0.2) is 0 Å². The Bertz CT molecular complexity index is 997. The minimum absolute atomic E-state index is 0.242. The van der Waals surface area contributed by atoms with Gasteiger partial charge in [-0.1, -0.05) is 23.7 Å². The largest absolute Gasteiger partial charge is 0.486 e. The third-order valence-electron chi connectivity index (χ3n) is 3.66. The molecule has 0 spiro atoms. The minimum Gasteiger partial charge on any atom is -0.486 e. The summed E-state index contributed by atoms with van der Waals surface area (Å²) in [4.78, 5) is 13.0. The van der Waals surface area contributed by atoms with Crippen molar-refractivity contribution in [2.24, 2.45) is 10.8 Å². The molecule has 8 nitrogen and oxygen atoms in total. The number of carbonyl (C=O) groups is 1. The fraction of sp³-hybridized carbons (Fsp3) is 0.111. The van der Waals surface area contributed by atoms with Crippen LogP contribution in [-0.4, -0.2) is 30.5 Å². The number of amidine groups is 1. The SMILES string of the molecule is N#C/C(=N\Nc1cc2c(cc1C(=O)c1cccc(Cl)c1)OCCO2)C(=N)N. The van der Waals surface area contributed by atoms with Gasteiger partial charge in [-0.05, 0) is 18.2 Å². The number of nitriles is 1. The monoisotopic (exact) mass is 383 g/mol. The molecule has 0 unspecified atom stereocenters. The summed E-state index contributed by atoms with van der Waals surface area (Å²) in [7, 11) is 0. The number of benzene rings is 2. The summed E-state index contributed by atoms with van der Waals surface area (Å²) in [6.07, 6.45) is 0. The zero-order chi connectivity index (χ0) is 19.4. The van der Waals surface area contributed by atoms with Gasteiger partial charge in [0, 0.05) is 16.7 Å². The van der Waals surface area contributed by atoms with E-state index in [1.807, 2.05) is 0 Å². The zero-order valence-corrected chi connectivity index (χ0v) is 14.7. The number of hydrazone groups is 1. The number of ketones is 1. The Morgan fingerprint density at radius 2 is 1.96 bits per heavy atom. The molecule has 136 valence electrons. The molecule has 27 heavy (non-hydrogen) atoms. The predicted octanol–water partition coefficient (Wildman–Crippen LogP) is 2.57. The van der Waals surface area contributed by atoms with E-state index in [4.69, 9.17) is 37.5 Å². The number of fused-ring (bicyclic) bond motifs is 1. The van der Waals surface area contributed by atoms with Crippen LogP contribution in [0.15, 0.2) is 41.5 Å². The zero-order valence-electron chi connectivity index (χ0n) is 14.0. The molecule has 0 atom stereocenters. The topological polar surface area (TPSA) is 134 Å². The average molecular weight is 384 g/mol. The molecule has 0 saturated carbocycles. The first kappa shape index (κ1) is 18.2. The lowest BCUT2D eigenvalue weighted by Gasteiger charge is -2.20. The number of nitrogens with one attached hydrogen (secondary N) is 2. The number of nitrogens with two attached hydrogens (primary N) is 1. The average Bonchev–Trinajstić information content (AvgIpc) is 2.67. The molecule has 9 heteroatoms. The van der Waals surface area contributed by atoms with Crippen molar-refractivity contribution < 1.29 is 14.3 Å². The van der Waals surface area contributed by atoms with E-state index >= 15 is 0 Å². The number of anilines is 1. The highest BCUT2D eigenvalue weighted by molar-refractivity contribution is 6.45. The van der Waals surface area contributed by atoms with Crippen molar-refractivity contribution in [3.8, 4) is 17.6 Å².